The maximum Gasteiger partial charge on any atom is 0.352 e. The SMILES string of the molecule is O=C(O)C1=C(/C=C/c2cccnc2)CSC2CC(=O)N12. The molecule has 1 N–H and O–H groups in total. The molecule has 1 unspecified atom stereocenters. The van der Waals surface area contributed by atoms with E-state index >= 15 is 0 Å². The van der Waals surface area contributed by atoms with E-state index in [-0.39, 0.29) is 17.0 Å². The lowest BCUT2D eigenvalue weighted by Crippen LogP contribution is -2.53. The molecule has 1 atom stereocenters. The van der Waals surface area contributed by atoms with Crippen molar-refractivity contribution in [1.82, 2.24) is 9.88 Å². The van der Waals surface area contributed by atoms with Crippen LogP contribution in [0.25, 0.3) is 6.08 Å². The average molecular weight is 288 g/mol. The lowest BCUT2D eigenvalue weighted by molar-refractivity contribution is -0.146. The van der Waals surface area contributed by atoms with Crippen molar-refractivity contribution in [2.75, 3.05) is 5.75 Å². The number of hydrogen-bond donors (Lipinski definition) is 1. The van der Waals surface area contributed by atoms with E-state index in [0.717, 1.165) is 5.56 Å². The first kappa shape index (κ1) is 12.9. The molecule has 1 saturated heterocycles. The van der Waals surface area contributed by atoms with Crippen LogP contribution < -0.4 is 0 Å². The number of aromatic nitrogens is 1. The summed E-state index contributed by atoms with van der Waals surface area (Å²) in [6.07, 6.45) is 7.39. The van der Waals surface area contributed by atoms with Gasteiger partial charge in [0.25, 0.3) is 0 Å². The van der Waals surface area contributed by atoms with E-state index in [9.17, 15) is 14.7 Å². The molecule has 2 aliphatic rings. The van der Waals surface area contributed by atoms with Crippen LogP contribution in [0.1, 0.15) is 12.0 Å². The van der Waals surface area contributed by atoms with E-state index < -0.39 is 5.97 Å². The number of carbonyl (C=O) groups excluding carboxylic acids is 1. The van der Waals surface area contributed by atoms with Crippen molar-refractivity contribution in [3.05, 3.63) is 47.4 Å². The number of fused-ring (bicyclic) bond motifs is 1. The van der Waals surface area contributed by atoms with Crippen LogP contribution in [-0.2, 0) is 9.59 Å². The molecule has 1 amide bonds. The topological polar surface area (TPSA) is 70.5 Å². The van der Waals surface area contributed by atoms with Crippen LogP contribution in [-0.4, -0.2) is 38.0 Å². The van der Waals surface area contributed by atoms with Crippen molar-refractivity contribution >= 4 is 29.7 Å². The van der Waals surface area contributed by atoms with Gasteiger partial charge in [-0.2, -0.15) is 0 Å². The van der Waals surface area contributed by atoms with Gasteiger partial charge in [0.1, 0.15) is 5.70 Å². The summed E-state index contributed by atoms with van der Waals surface area (Å²) < 4.78 is 0. The van der Waals surface area contributed by atoms with E-state index in [1.54, 1.807) is 30.2 Å². The van der Waals surface area contributed by atoms with Crippen molar-refractivity contribution in [2.45, 2.75) is 11.8 Å². The summed E-state index contributed by atoms with van der Waals surface area (Å²) in [5.74, 6) is -0.562. The fraction of sp³-hybridized carbons (Fsp3) is 0.214. The second-order valence-corrected chi connectivity index (χ2v) is 5.70. The van der Waals surface area contributed by atoms with E-state index in [1.165, 1.54) is 4.90 Å². The number of thioether (sulfide) groups is 1. The molecule has 0 aliphatic carbocycles. The zero-order valence-corrected chi connectivity index (χ0v) is 11.3. The van der Waals surface area contributed by atoms with Gasteiger partial charge < -0.3 is 5.11 Å². The van der Waals surface area contributed by atoms with Crippen LogP contribution in [0.5, 0.6) is 0 Å². The summed E-state index contributed by atoms with van der Waals surface area (Å²) in [5.41, 5.74) is 1.67. The highest BCUT2D eigenvalue weighted by Crippen LogP contribution is 2.40. The van der Waals surface area contributed by atoms with Crippen molar-refractivity contribution in [2.24, 2.45) is 0 Å². The van der Waals surface area contributed by atoms with Crippen LogP contribution in [0.2, 0.25) is 0 Å². The maximum atomic E-state index is 11.6. The molecule has 1 aromatic rings. The summed E-state index contributed by atoms with van der Waals surface area (Å²) in [5, 5.41) is 9.33. The van der Waals surface area contributed by atoms with Crippen LogP contribution in [0.3, 0.4) is 0 Å². The highest BCUT2D eigenvalue weighted by molar-refractivity contribution is 8.00. The van der Waals surface area contributed by atoms with Crippen LogP contribution in [0.15, 0.2) is 41.9 Å². The Morgan fingerprint density at radius 1 is 1.50 bits per heavy atom. The molecular weight excluding hydrogens is 276 g/mol. The quantitative estimate of drug-likeness (QED) is 0.858. The minimum absolute atomic E-state index is 0.0101. The van der Waals surface area contributed by atoms with E-state index in [0.29, 0.717) is 17.7 Å². The summed E-state index contributed by atoms with van der Waals surface area (Å²) in [6.45, 7) is 0. The first-order valence-electron chi connectivity index (χ1n) is 6.15. The molecule has 102 valence electrons. The number of carboxylic acids is 1. The molecule has 1 fully saturated rings. The number of nitrogens with zero attached hydrogens (tertiary/aromatic N) is 2. The molecule has 20 heavy (non-hydrogen) atoms. The standard InChI is InChI=1S/C14H12N2O3S/c17-11-6-12-16(11)13(14(18)19)10(8-20-12)4-3-9-2-1-5-15-7-9/h1-5,7,12H,6,8H2,(H,18,19)/b4-3+. The number of allylic oxidation sites excluding steroid dienone is 1. The Labute approximate surface area is 120 Å². The predicted octanol–water partition coefficient (Wildman–Crippen LogP) is 1.74. The van der Waals surface area contributed by atoms with E-state index in [1.807, 2.05) is 18.2 Å². The lowest BCUT2D eigenvalue weighted by atomic mass is 10.1. The molecule has 0 radical (unpaired) electrons. The van der Waals surface area contributed by atoms with Crippen molar-refractivity contribution in [1.29, 1.82) is 0 Å². The van der Waals surface area contributed by atoms with Gasteiger partial charge in [0, 0.05) is 18.1 Å². The maximum absolute atomic E-state index is 11.6. The molecule has 0 saturated carbocycles. The van der Waals surface area contributed by atoms with Gasteiger partial charge >= 0.3 is 5.97 Å². The molecule has 2 aliphatic heterocycles. The molecule has 1 aromatic heterocycles. The number of aliphatic carboxylic acids is 1. The average Bonchev–Trinajstić information content (AvgIpc) is 2.45. The van der Waals surface area contributed by atoms with E-state index in [2.05, 4.69) is 4.98 Å². The number of carboxylic acid groups (broad SMARTS) is 1. The molecule has 0 spiro atoms. The molecule has 3 rings (SSSR count). The van der Waals surface area contributed by atoms with Crippen LogP contribution >= 0.6 is 11.8 Å². The zero-order chi connectivity index (χ0) is 14.1. The largest absolute Gasteiger partial charge is 0.477 e. The van der Waals surface area contributed by atoms with Gasteiger partial charge in [-0.3, -0.25) is 14.7 Å². The predicted molar refractivity (Wildman–Crippen MR) is 75.6 cm³/mol. The lowest BCUT2D eigenvalue weighted by Gasteiger charge is -2.43. The first-order valence-corrected chi connectivity index (χ1v) is 7.20. The van der Waals surface area contributed by atoms with Gasteiger partial charge in [-0.15, -0.1) is 11.8 Å². The van der Waals surface area contributed by atoms with Gasteiger partial charge in [-0.25, -0.2) is 4.79 Å². The third kappa shape index (κ3) is 2.22. The highest BCUT2D eigenvalue weighted by Gasteiger charge is 2.44. The first-order chi connectivity index (χ1) is 9.66. The smallest absolute Gasteiger partial charge is 0.352 e. The Balaban J connectivity index is 1.93. The Bertz CT molecular complexity index is 625. The number of pyridine rings is 1. The molecule has 0 bridgehead atoms. The molecule has 6 heteroatoms. The third-order valence-corrected chi connectivity index (χ3v) is 4.49. The number of rotatable bonds is 3. The van der Waals surface area contributed by atoms with Crippen LogP contribution in [0, 0.1) is 0 Å². The number of carbonyl (C=O) groups is 2. The Hall–Kier alpha value is -2.08. The second kappa shape index (κ2) is 5.13. The van der Waals surface area contributed by atoms with E-state index in [4.69, 9.17) is 0 Å². The van der Waals surface area contributed by atoms with Crippen molar-refractivity contribution in [3.8, 4) is 0 Å². The Morgan fingerprint density at radius 3 is 3.00 bits per heavy atom. The molecule has 0 aromatic carbocycles. The summed E-state index contributed by atoms with van der Waals surface area (Å²) in [7, 11) is 0. The summed E-state index contributed by atoms with van der Waals surface area (Å²) >= 11 is 1.60. The Kier molecular flexibility index (Phi) is 3.31. The minimum atomic E-state index is -1.05. The molecule has 5 nitrogen and oxygen atoms in total. The summed E-state index contributed by atoms with van der Waals surface area (Å²) in [4.78, 5) is 28.4. The third-order valence-electron chi connectivity index (χ3n) is 3.25. The fourth-order valence-electron chi connectivity index (χ4n) is 2.24. The number of hydrogen-bond acceptors (Lipinski definition) is 4. The highest BCUT2D eigenvalue weighted by atomic mass is 32.2. The van der Waals surface area contributed by atoms with Gasteiger partial charge in [0.15, 0.2) is 0 Å². The normalized spacial score (nSPS) is 21.9. The summed E-state index contributed by atoms with van der Waals surface area (Å²) in [6, 6.07) is 3.70. The fourth-order valence-corrected chi connectivity index (χ4v) is 3.47. The Morgan fingerprint density at radius 2 is 2.35 bits per heavy atom. The number of β-lactam (4-membered cyclic amide) rings is 1. The van der Waals surface area contributed by atoms with Crippen molar-refractivity contribution < 1.29 is 14.7 Å². The zero-order valence-electron chi connectivity index (χ0n) is 10.5. The molecular formula is C14H12N2O3S. The van der Waals surface area contributed by atoms with Gasteiger partial charge in [-0.05, 0) is 17.2 Å². The van der Waals surface area contributed by atoms with Crippen LogP contribution in [0.4, 0.5) is 0 Å². The monoisotopic (exact) mass is 288 g/mol. The minimum Gasteiger partial charge on any atom is -0.477 e. The van der Waals surface area contributed by atoms with Gasteiger partial charge in [0.2, 0.25) is 5.91 Å². The molecule has 3 heterocycles. The van der Waals surface area contributed by atoms with Gasteiger partial charge in [-0.1, -0.05) is 18.2 Å². The van der Waals surface area contributed by atoms with Crippen molar-refractivity contribution in [3.63, 3.8) is 0 Å². The second-order valence-electron chi connectivity index (χ2n) is 4.53. The number of amides is 1. The van der Waals surface area contributed by atoms with Gasteiger partial charge in [0.05, 0.1) is 11.8 Å².